The van der Waals surface area contributed by atoms with Crippen LogP contribution in [0.5, 0.6) is 0 Å². The molecule has 136 valence electrons. The summed E-state index contributed by atoms with van der Waals surface area (Å²) in [6.07, 6.45) is 3.04. The number of ketones is 1. The predicted octanol–water partition coefficient (Wildman–Crippen LogP) is 5.17. The second-order valence-electron chi connectivity index (χ2n) is 5.87. The van der Waals surface area contributed by atoms with Crippen LogP contribution in [0.15, 0.2) is 60.0 Å². The molecule has 27 heavy (non-hydrogen) atoms. The maximum Gasteiger partial charge on any atom is 0.230 e. The van der Waals surface area contributed by atoms with Crippen molar-refractivity contribution in [3.05, 3.63) is 82.6 Å². The largest absolute Gasteiger partial charge is 0.289 e. The molecule has 0 N–H and O–H groups in total. The zero-order chi connectivity index (χ0) is 19.4. The maximum absolute atomic E-state index is 14.1. The standard InChI is InChI=1S/C21H17FN2O2S/c1-14-7-3-4-8-17(14)20(26)12-11-16-13-27-21(23-16)24(15(2)25)19-10-6-5-9-18(19)22/h3-13H,1-2H3/b12-11+. The van der Waals surface area contributed by atoms with Crippen LogP contribution in [0.1, 0.15) is 28.5 Å². The Hall–Kier alpha value is -3.12. The van der Waals surface area contributed by atoms with E-state index in [1.54, 1.807) is 29.7 Å². The molecular weight excluding hydrogens is 363 g/mol. The van der Waals surface area contributed by atoms with Crippen molar-refractivity contribution in [1.29, 1.82) is 0 Å². The molecule has 0 bridgehead atoms. The molecule has 0 fully saturated rings. The number of hydrogen-bond donors (Lipinski definition) is 0. The fourth-order valence-corrected chi connectivity index (χ4v) is 3.44. The minimum atomic E-state index is -0.505. The molecule has 0 aliphatic heterocycles. The topological polar surface area (TPSA) is 50.3 Å². The number of aryl methyl sites for hydroxylation is 1. The van der Waals surface area contributed by atoms with Gasteiger partial charge in [0.15, 0.2) is 10.9 Å². The number of thiazole rings is 1. The molecule has 4 nitrogen and oxygen atoms in total. The van der Waals surface area contributed by atoms with Crippen molar-refractivity contribution >= 4 is 39.9 Å². The van der Waals surface area contributed by atoms with Gasteiger partial charge in [0.25, 0.3) is 0 Å². The van der Waals surface area contributed by atoms with Crippen molar-refractivity contribution in [2.45, 2.75) is 13.8 Å². The number of allylic oxidation sites excluding steroid dienone is 1. The molecule has 1 heterocycles. The first-order valence-electron chi connectivity index (χ1n) is 8.26. The Bertz CT molecular complexity index is 1030. The monoisotopic (exact) mass is 380 g/mol. The summed E-state index contributed by atoms with van der Waals surface area (Å²) in [6, 6.07) is 13.4. The van der Waals surface area contributed by atoms with Gasteiger partial charge in [-0.3, -0.25) is 14.5 Å². The van der Waals surface area contributed by atoms with Crippen molar-refractivity contribution in [1.82, 2.24) is 4.98 Å². The number of amides is 1. The van der Waals surface area contributed by atoms with Crippen LogP contribution in [-0.2, 0) is 4.79 Å². The zero-order valence-electron chi connectivity index (χ0n) is 14.8. The van der Waals surface area contributed by atoms with Gasteiger partial charge in [-0.15, -0.1) is 11.3 Å². The molecular formula is C21H17FN2O2S. The Kier molecular flexibility index (Phi) is 5.57. The van der Waals surface area contributed by atoms with E-state index in [0.29, 0.717) is 16.4 Å². The second kappa shape index (κ2) is 8.05. The molecule has 0 aliphatic carbocycles. The first-order chi connectivity index (χ1) is 13.0. The van der Waals surface area contributed by atoms with Crippen molar-refractivity contribution in [3.8, 4) is 0 Å². The van der Waals surface area contributed by atoms with Crippen molar-refractivity contribution in [2.24, 2.45) is 0 Å². The summed E-state index contributed by atoms with van der Waals surface area (Å²) in [5.74, 6) is -0.976. The molecule has 0 unspecified atom stereocenters. The lowest BCUT2D eigenvalue weighted by Crippen LogP contribution is -2.23. The number of para-hydroxylation sites is 1. The van der Waals surface area contributed by atoms with E-state index in [9.17, 15) is 14.0 Å². The van der Waals surface area contributed by atoms with E-state index in [1.807, 2.05) is 25.1 Å². The molecule has 0 atom stereocenters. The minimum absolute atomic E-state index is 0.125. The average molecular weight is 380 g/mol. The lowest BCUT2D eigenvalue weighted by molar-refractivity contribution is -0.115. The van der Waals surface area contributed by atoms with Gasteiger partial charge in [-0.05, 0) is 36.8 Å². The van der Waals surface area contributed by atoms with Gasteiger partial charge in [0.2, 0.25) is 5.91 Å². The molecule has 0 spiro atoms. The number of rotatable bonds is 5. The molecule has 0 radical (unpaired) electrons. The van der Waals surface area contributed by atoms with Crippen LogP contribution < -0.4 is 4.90 Å². The van der Waals surface area contributed by atoms with Crippen LogP contribution in [0.2, 0.25) is 0 Å². The Morgan fingerprint density at radius 2 is 1.81 bits per heavy atom. The van der Waals surface area contributed by atoms with Crippen molar-refractivity contribution < 1.29 is 14.0 Å². The summed E-state index contributed by atoms with van der Waals surface area (Å²) in [5.41, 5.74) is 2.19. The van der Waals surface area contributed by atoms with Gasteiger partial charge >= 0.3 is 0 Å². The smallest absolute Gasteiger partial charge is 0.230 e. The van der Waals surface area contributed by atoms with E-state index in [0.717, 1.165) is 5.56 Å². The highest BCUT2D eigenvalue weighted by Gasteiger charge is 2.20. The SMILES string of the molecule is CC(=O)N(c1nc(/C=C/C(=O)c2ccccc2C)cs1)c1ccccc1F. The molecule has 3 rings (SSSR count). The first kappa shape index (κ1) is 18.7. The number of carbonyl (C=O) groups is 2. The molecule has 6 heteroatoms. The molecule has 0 saturated carbocycles. The maximum atomic E-state index is 14.1. The van der Waals surface area contributed by atoms with Crippen LogP contribution in [0, 0.1) is 12.7 Å². The second-order valence-corrected chi connectivity index (χ2v) is 6.71. The van der Waals surface area contributed by atoms with Gasteiger partial charge in [0.1, 0.15) is 5.82 Å². The van der Waals surface area contributed by atoms with Gasteiger partial charge < -0.3 is 0 Å². The third-order valence-corrected chi connectivity index (χ3v) is 4.77. The number of hydrogen-bond acceptors (Lipinski definition) is 4. The highest BCUT2D eigenvalue weighted by Crippen LogP contribution is 2.31. The molecule has 3 aromatic rings. The highest BCUT2D eigenvalue weighted by molar-refractivity contribution is 7.14. The van der Waals surface area contributed by atoms with Gasteiger partial charge in [-0.25, -0.2) is 9.37 Å². The first-order valence-corrected chi connectivity index (χ1v) is 9.14. The summed E-state index contributed by atoms with van der Waals surface area (Å²) in [6.45, 7) is 3.23. The fourth-order valence-electron chi connectivity index (χ4n) is 2.60. The summed E-state index contributed by atoms with van der Waals surface area (Å²) in [4.78, 5) is 30.0. The molecule has 2 aromatic carbocycles. The summed E-state index contributed by atoms with van der Waals surface area (Å²) < 4.78 is 14.1. The Labute approximate surface area is 160 Å². The minimum Gasteiger partial charge on any atom is -0.289 e. The van der Waals surface area contributed by atoms with Crippen LogP contribution in [0.4, 0.5) is 15.2 Å². The van der Waals surface area contributed by atoms with Gasteiger partial charge in [-0.2, -0.15) is 0 Å². The molecule has 0 aliphatic rings. The number of anilines is 2. The summed E-state index contributed by atoms with van der Waals surface area (Å²) >= 11 is 1.20. The highest BCUT2D eigenvalue weighted by atomic mass is 32.1. The predicted molar refractivity (Wildman–Crippen MR) is 106 cm³/mol. The Balaban J connectivity index is 1.85. The summed E-state index contributed by atoms with van der Waals surface area (Å²) in [5, 5.41) is 2.06. The Morgan fingerprint density at radius 3 is 2.52 bits per heavy atom. The molecule has 1 aromatic heterocycles. The van der Waals surface area contributed by atoms with E-state index in [-0.39, 0.29) is 17.4 Å². The van der Waals surface area contributed by atoms with Crippen LogP contribution in [0.3, 0.4) is 0 Å². The Morgan fingerprint density at radius 1 is 1.11 bits per heavy atom. The molecule has 1 amide bonds. The third kappa shape index (κ3) is 4.17. The lowest BCUT2D eigenvalue weighted by atomic mass is 10.0. The quantitative estimate of drug-likeness (QED) is 0.453. The number of nitrogens with zero attached hydrogens (tertiary/aromatic N) is 2. The summed E-state index contributed by atoms with van der Waals surface area (Å²) in [7, 11) is 0. The number of aromatic nitrogens is 1. The third-order valence-electron chi connectivity index (χ3n) is 3.93. The average Bonchev–Trinajstić information content (AvgIpc) is 3.10. The molecule has 0 saturated heterocycles. The van der Waals surface area contributed by atoms with E-state index < -0.39 is 5.82 Å². The van der Waals surface area contributed by atoms with Gasteiger partial charge in [0.05, 0.1) is 11.4 Å². The van der Waals surface area contributed by atoms with Crippen LogP contribution in [-0.4, -0.2) is 16.7 Å². The van der Waals surface area contributed by atoms with Gasteiger partial charge in [-0.1, -0.05) is 36.4 Å². The van der Waals surface area contributed by atoms with Crippen molar-refractivity contribution in [2.75, 3.05) is 4.90 Å². The van der Waals surface area contributed by atoms with E-state index in [2.05, 4.69) is 4.98 Å². The van der Waals surface area contributed by atoms with Crippen molar-refractivity contribution in [3.63, 3.8) is 0 Å². The van der Waals surface area contributed by atoms with Gasteiger partial charge in [0, 0.05) is 17.9 Å². The van der Waals surface area contributed by atoms with Crippen LogP contribution in [0.25, 0.3) is 6.08 Å². The number of halogens is 1. The van der Waals surface area contributed by atoms with E-state index in [1.165, 1.54) is 41.4 Å². The normalized spacial score (nSPS) is 10.9. The zero-order valence-corrected chi connectivity index (χ0v) is 15.7. The van der Waals surface area contributed by atoms with E-state index in [4.69, 9.17) is 0 Å². The van der Waals surface area contributed by atoms with E-state index >= 15 is 0 Å². The number of carbonyl (C=O) groups excluding carboxylic acids is 2. The lowest BCUT2D eigenvalue weighted by Gasteiger charge is -2.18. The number of benzene rings is 2. The van der Waals surface area contributed by atoms with Crippen LogP contribution >= 0.6 is 11.3 Å². The fraction of sp³-hybridized carbons (Fsp3) is 0.0952.